The van der Waals surface area contributed by atoms with Crippen molar-refractivity contribution in [3.63, 3.8) is 0 Å². The number of ether oxygens (including phenoxy) is 1. The van der Waals surface area contributed by atoms with E-state index in [4.69, 9.17) is 14.7 Å². The Morgan fingerprint density at radius 3 is 1.75 bits per heavy atom. The van der Waals surface area contributed by atoms with Crippen LogP contribution in [0, 0.1) is 0 Å². The second-order valence-electron chi connectivity index (χ2n) is 9.86. The van der Waals surface area contributed by atoms with E-state index >= 15 is 0 Å². The predicted octanol–water partition coefficient (Wildman–Crippen LogP) is 7.73. The largest absolute Gasteiger partial charge is 0.472 e. The molecule has 0 rings (SSSR count). The third-order valence-electron chi connectivity index (χ3n) is 6.54. The molecule has 0 amide bonds. The van der Waals surface area contributed by atoms with Crippen LogP contribution in [0.25, 0.3) is 0 Å². The lowest BCUT2D eigenvalue weighted by atomic mass is 10.1. The lowest BCUT2D eigenvalue weighted by molar-refractivity contribution is 0.0520. The van der Waals surface area contributed by atoms with E-state index in [-0.39, 0.29) is 25.4 Å². The highest BCUT2D eigenvalue weighted by atomic mass is 32.2. The summed E-state index contributed by atoms with van der Waals surface area (Å²) in [6.07, 6.45) is 17.0. The summed E-state index contributed by atoms with van der Waals surface area (Å²) in [6, 6.07) is 0. The van der Waals surface area contributed by atoms with Gasteiger partial charge in [-0.05, 0) is 26.2 Å². The average Bonchev–Trinajstić information content (AvgIpc) is 2.81. The lowest BCUT2D eigenvalue weighted by Crippen LogP contribution is -2.36. The van der Waals surface area contributed by atoms with E-state index < -0.39 is 34.5 Å². The Kier molecular flexibility index (Phi) is 21.2. The van der Waals surface area contributed by atoms with Crippen molar-refractivity contribution in [2.24, 2.45) is 0 Å². The number of hydrogen-bond acceptors (Lipinski definition) is 6. The fraction of sp³-hybridized carbons (Fsp3) is 0.962. The Morgan fingerprint density at radius 2 is 1.25 bits per heavy atom. The molecule has 0 aromatic rings. The molecule has 0 aromatic heterocycles. The van der Waals surface area contributed by atoms with E-state index in [2.05, 4.69) is 18.4 Å². The van der Waals surface area contributed by atoms with Gasteiger partial charge in [0.15, 0.2) is 9.84 Å². The summed E-state index contributed by atoms with van der Waals surface area (Å²) in [5.41, 5.74) is -1.89. The maximum atomic E-state index is 13.2. The summed E-state index contributed by atoms with van der Waals surface area (Å²) in [7, 11) is -7.98. The molecule has 0 fully saturated rings. The van der Waals surface area contributed by atoms with Crippen molar-refractivity contribution < 1.29 is 37.0 Å². The van der Waals surface area contributed by atoms with Crippen molar-refractivity contribution in [2.75, 3.05) is 19.0 Å². The first-order valence-electron chi connectivity index (χ1n) is 14.1. The Balaban J connectivity index is 4.54. The van der Waals surface area contributed by atoms with Crippen LogP contribution in [0.3, 0.4) is 0 Å². The molecule has 0 aliphatic carbocycles. The predicted molar refractivity (Wildman–Crippen MR) is 147 cm³/mol. The van der Waals surface area contributed by atoms with Crippen molar-refractivity contribution in [1.82, 2.24) is 0 Å². The fourth-order valence-electron chi connectivity index (χ4n) is 4.28. The van der Waals surface area contributed by atoms with Crippen LogP contribution in [-0.2, 0) is 23.7 Å². The Morgan fingerprint density at radius 1 is 0.778 bits per heavy atom. The minimum Gasteiger partial charge on any atom is -0.472 e. The highest BCUT2D eigenvalue weighted by Gasteiger charge is 2.31. The number of sulfone groups is 1. The van der Waals surface area contributed by atoms with Crippen molar-refractivity contribution >= 4 is 23.1 Å². The monoisotopic (exact) mass is 556 g/mol. The van der Waals surface area contributed by atoms with E-state index in [1.807, 2.05) is 0 Å². The molecule has 0 bridgehead atoms. The van der Waals surface area contributed by atoms with Gasteiger partial charge in [-0.3, -0.25) is 0 Å². The average molecular weight is 557 g/mol. The highest BCUT2D eigenvalue weighted by Crippen LogP contribution is 2.42. The summed E-state index contributed by atoms with van der Waals surface area (Å²) >= 11 is 0. The van der Waals surface area contributed by atoms with Crippen LogP contribution in [0.2, 0.25) is 0 Å². The molecule has 0 aliphatic rings. The molecule has 2 N–H and O–H groups in total. The molecule has 3 atom stereocenters. The Labute approximate surface area is 220 Å². The summed E-state index contributed by atoms with van der Waals surface area (Å²) in [5.74, 6) is 0.173. The normalized spacial score (nSPS) is 15.4. The number of rotatable bonds is 26. The first kappa shape index (κ1) is 35.5. The Hall–Kier alpha value is -0.470. The molecule has 0 saturated carbocycles. The van der Waals surface area contributed by atoms with Crippen LogP contribution in [0.15, 0.2) is 0 Å². The van der Waals surface area contributed by atoms with Crippen molar-refractivity contribution in [1.29, 1.82) is 0 Å². The molecule has 3 unspecified atom stereocenters. The van der Waals surface area contributed by atoms with E-state index in [0.717, 1.165) is 51.4 Å². The zero-order valence-electron chi connectivity index (χ0n) is 23.0. The molecule has 0 aromatic carbocycles. The van der Waals surface area contributed by atoms with Gasteiger partial charge in [0, 0.05) is 6.61 Å². The first-order chi connectivity index (χ1) is 17.1. The second-order valence-corrected chi connectivity index (χ2v) is 13.9. The van der Waals surface area contributed by atoms with Gasteiger partial charge in [-0.15, -0.1) is 0 Å². The molecule has 8 nitrogen and oxygen atoms in total. The van der Waals surface area contributed by atoms with E-state index in [9.17, 15) is 17.8 Å². The molecular formula is C26H53O8PS. The second kappa shape index (κ2) is 21.5. The van der Waals surface area contributed by atoms with Gasteiger partial charge in [-0.2, -0.15) is 0 Å². The SMILES string of the molecule is CCCCCCCCCCCCS(=O)(=O)C(CCCCCCC)C(C)OCCCOP(=O)(O)C(=O)O. The first-order valence-corrected chi connectivity index (χ1v) is 17.4. The minimum atomic E-state index is -4.66. The summed E-state index contributed by atoms with van der Waals surface area (Å²) in [5, 5.41) is 8.04. The smallest absolute Gasteiger partial charge is 0.435 e. The Bertz CT molecular complexity index is 698. The fourth-order valence-corrected chi connectivity index (χ4v) is 6.86. The summed E-state index contributed by atoms with van der Waals surface area (Å²) in [6.45, 7) is 6.00. The molecule has 0 heterocycles. The number of carbonyl (C=O) groups is 1. The van der Waals surface area contributed by atoms with Crippen molar-refractivity contribution in [3.8, 4) is 0 Å². The van der Waals surface area contributed by atoms with Crippen LogP contribution in [0.1, 0.15) is 130 Å². The van der Waals surface area contributed by atoms with Gasteiger partial charge >= 0.3 is 13.3 Å². The third kappa shape index (κ3) is 17.9. The van der Waals surface area contributed by atoms with Gasteiger partial charge in [0.05, 0.1) is 23.7 Å². The van der Waals surface area contributed by atoms with Gasteiger partial charge < -0.3 is 19.3 Å². The number of unbranched alkanes of at least 4 members (excludes halogenated alkanes) is 13. The number of carboxylic acid groups (broad SMARTS) is 1. The van der Waals surface area contributed by atoms with Gasteiger partial charge in [0.2, 0.25) is 0 Å². The van der Waals surface area contributed by atoms with Gasteiger partial charge in [-0.25, -0.2) is 17.8 Å². The zero-order valence-corrected chi connectivity index (χ0v) is 24.7. The minimum absolute atomic E-state index is 0.126. The van der Waals surface area contributed by atoms with Gasteiger partial charge in [-0.1, -0.05) is 104 Å². The van der Waals surface area contributed by atoms with Crippen LogP contribution in [0.5, 0.6) is 0 Å². The molecule has 10 heteroatoms. The van der Waals surface area contributed by atoms with E-state index in [1.54, 1.807) is 6.92 Å². The van der Waals surface area contributed by atoms with E-state index in [1.165, 1.54) is 38.5 Å². The molecule has 216 valence electrons. The maximum absolute atomic E-state index is 13.2. The zero-order chi connectivity index (χ0) is 27.3. The third-order valence-corrected chi connectivity index (χ3v) is 9.95. The van der Waals surface area contributed by atoms with Crippen LogP contribution in [0.4, 0.5) is 4.79 Å². The molecule has 0 spiro atoms. The van der Waals surface area contributed by atoms with Crippen LogP contribution < -0.4 is 0 Å². The molecule has 0 aliphatic heterocycles. The maximum Gasteiger partial charge on any atom is 0.435 e. The topological polar surface area (TPSA) is 127 Å². The van der Waals surface area contributed by atoms with Gasteiger partial charge in [0.25, 0.3) is 0 Å². The molecule has 0 saturated heterocycles. The summed E-state index contributed by atoms with van der Waals surface area (Å²) < 4.78 is 48.0. The van der Waals surface area contributed by atoms with Crippen LogP contribution >= 0.6 is 7.60 Å². The number of hydrogen-bond donors (Lipinski definition) is 2. The molecule has 0 radical (unpaired) electrons. The highest BCUT2D eigenvalue weighted by molar-refractivity contribution is 7.92. The summed E-state index contributed by atoms with van der Waals surface area (Å²) in [4.78, 5) is 19.8. The van der Waals surface area contributed by atoms with Crippen molar-refractivity contribution in [2.45, 2.75) is 141 Å². The van der Waals surface area contributed by atoms with Crippen molar-refractivity contribution in [3.05, 3.63) is 0 Å². The van der Waals surface area contributed by atoms with E-state index in [0.29, 0.717) is 12.8 Å². The molecular weight excluding hydrogens is 503 g/mol. The molecule has 36 heavy (non-hydrogen) atoms. The lowest BCUT2D eigenvalue weighted by Gasteiger charge is -2.25. The van der Waals surface area contributed by atoms with Crippen LogP contribution in [-0.4, -0.2) is 54.4 Å². The standard InChI is InChI=1S/C26H53O8PS/c1-4-6-8-10-11-12-13-14-16-18-23-36(31,32)25(20-17-15-9-7-5-2)24(3)33-21-19-22-34-35(29,30)26(27)28/h24-25H,4-23H2,1-3H3,(H,27,28)(H,29,30). The quantitative estimate of drug-likeness (QED) is 0.0818. The van der Waals surface area contributed by atoms with Gasteiger partial charge in [0.1, 0.15) is 0 Å².